The number of aromatic amines is 1. The predicted octanol–water partition coefficient (Wildman–Crippen LogP) is 3.33. The molecule has 1 saturated heterocycles. The SMILES string of the molecule is O=C(C1CCc2nccn2C1)N1CCC(c2ccc3[nH]ccc3c2)CC1. The van der Waals surface area contributed by atoms with E-state index in [0.717, 1.165) is 51.1 Å². The molecule has 1 unspecified atom stereocenters. The highest BCUT2D eigenvalue weighted by Gasteiger charge is 2.31. The van der Waals surface area contributed by atoms with Crippen molar-refractivity contribution >= 4 is 16.8 Å². The van der Waals surface area contributed by atoms with Crippen LogP contribution in [0, 0.1) is 5.92 Å². The fraction of sp³-hybridized carbons (Fsp3) is 0.429. The number of likely N-dealkylation sites (tertiary alicyclic amines) is 1. The van der Waals surface area contributed by atoms with Crippen molar-refractivity contribution in [3.8, 4) is 0 Å². The van der Waals surface area contributed by atoms with Crippen LogP contribution in [0.25, 0.3) is 10.9 Å². The standard InChI is InChI=1S/C21H24N4O/c26-21(18-2-4-20-23-9-12-25(20)14-18)24-10-6-15(7-11-24)16-1-3-19-17(13-16)5-8-22-19/h1,3,5,8-9,12-13,15,18,22H,2,4,6-7,10-11,14H2. The first-order chi connectivity index (χ1) is 12.8. The number of fused-ring (bicyclic) bond motifs is 2. The average molecular weight is 348 g/mol. The van der Waals surface area contributed by atoms with Crippen LogP contribution >= 0.6 is 0 Å². The number of piperidine rings is 1. The molecule has 4 heterocycles. The van der Waals surface area contributed by atoms with Crippen LogP contribution in [0.5, 0.6) is 0 Å². The van der Waals surface area contributed by atoms with Gasteiger partial charge in [-0.1, -0.05) is 6.07 Å². The first-order valence-electron chi connectivity index (χ1n) is 9.64. The number of nitrogens with zero attached hydrogens (tertiary/aromatic N) is 3. The summed E-state index contributed by atoms with van der Waals surface area (Å²) in [6, 6.07) is 8.84. The molecular formula is C21H24N4O. The van der Waals surface area contributed by atoms with Crippen molar-refractivity contribution in [3.05, 3.63) is 54.2 Å². The molecule has 3 aromatic rings. The van der Waals surface area contributed by atoms with Crippen LogP contribution in [0.2, 0.25) is 0 Å². The predicted molar refractivity (Wildman–Crippen MR) is 101 cm³/mol. The number of benzene rings is 1. The smallest absolute Gasteiger partial charge is 0.227 e. The lowest BCUT2D eigenvalue weighted by molar-refractivity contribution is -0.137. The van der Waals surface area contributed by atoms with Crippen LogP contribution in [-0.4, -0.2) is 38.4 Å². The van der Waals surface area contributed by atoms with Gasteiger partial charge in [-0.25, -0.2) is 4.98 Å². The molecule has 134 valence electrons. The number of nitrogens with one attached hydrogen (secondary N) is 1. The summed E-state index contributed by atoms with van der Waals surface area (Å²) >= 11 is 0. The van der Waals surface area contributed by atoms with Crippen molar-refractivity contribution in [2.75, 3.05) is 13.1 Å². The van der Waals surface area contributed by atoms with Crippen LogP contribution in [0.3, 0.4) is 0 Å². The molecule has 5 nitrogen and oxygen atoms in total. The zero-order valence-electron chi connectivity index (χ0n) is 14.9. The second-order valence-corrected chi connectivity index (χ2v) is 7.66. The lowest BCUT2D eigenvalue weighted by Crippen LogP contribution is -2.43. The van der Waals surface area contributed by atoms with Crippen molar-refractivity contribution in [2.24, 2.45) is 5.92 Å². The minimum Gasteiger partial charge on any atom is -0.361 e. The highest BCUT2D eigenvalue weighted by atomic mass is 16.2. The summed E-state index contributed by atoms with van der Waals surface area (Å²) in [5, 5.41) is 1.28. The monoisotopic (exact) mass is 348 g/mol. The minimum absolute atomic E-state index is 0.115. The topological polar surface area (TPSA) is 53.9 Å². The van der Waals surface area contributed by atoms with Gasteiger partial charge >= 0.3 is 0 Å². The van der Waals surface area contributed by atoms with Gasteiger partial charge in [0, 0.05) is 50.2 Å². The number of aryl methyl sites for hydroxylation is 1. The van der Waals surface area contributed by atoms with Gasteiger partial charge < -0.3 is 14.5 Å². The molecule has 1 fully saturated rings. The maximum atomic E-state index is 13.0. The Morgan fingerprint density at radius 1 is 1.15 bits per heavy atom. The van der Waals surface area contributed by atoms with Gasteiger partial charge in [0.25, 0.3) is 0 Å². The maximum Gasteiger partial charge on any atom is 0.227 e. The Morgan fingerprint density at radius 3 is 2.92 bits per heavy atom. The van der Waals surface area contributed by atoms with E-state index >= 15 is 0 Å². The van der Waals surface area contributed by atoms with Gasteiger partial charge in [0.15, 0.2) is 0 Å². The summed E-state index contributed by atoms with van der Waals surface area (Å²) < 4.78 is 2.14. The van der Waals surface area contributed by atoms with E-state index in [4.69, 9.17) is 0 Å². The molecule has 0 spiro atoms. The number of carbonyl (C=O) groups is 1. The van der Waals surface area contributed by atoms with E-state index in [9.17, 15) is 4.79 Å². The third-order valence-electron chi connectivity index (χ3n) is 6.14. The zero-order valence-corrected chi connectivity index (χ0v) is 14.9. The fourth-order valence-electron chi connectivity index (χ4n) is 4.59. The van der Waals surface area contributed by atoms with E-state index in [0.29, 0.717) is 11.8 Å². The van der Waals surface area contributed by atoms with E-state index < -0.39 is 0 Å². The molecule has 2 aromatic heterocycles. The van der Waals surface area contributed by atoms with Crippen LogP contribution in [0.15, 0.2) is 42.9 Å². The summed E-state index contributed by atoms with van der Waals surface area (Å²) in [7, 11) is 0. The van der Waals surface area contributed by atoms with Gasteiger partial charge in [-0.2, -0.15) is 0 Å². The largest absolute Gasteiger partial charge is 0.361 e. The molecule has 5 heteroatoms. The van der Waals surface area contributed by atoms with Gasteiger partial charge in [0.2, 0.25) is 5.91 Å². The third kappa shape index (κ3) is 2.71. The number of rotatable bonds is 2. The van der Waals surface area contributed by atoms with E-state index in [2.05, 4.69) is 43.7 Å². The van der Waals surface area contributed by atoms with Crippen LogP contribution < -0.4 is 0 Å². The van der Waals surface area contributed by atoms with Crippen LogP contribution in [-0.2, 0) is 17.8 Å². The number of aromatic nitrogens is 3. The number of hydrogen-bond donors (Lipinski definition) is 1. The normalized spacial score (nSPS) is 21.1. The van der Waals surface area contributed by atoms with Gasteiger partial charge in [-0.15, -0.1) is 0 Å². The summed E-state index contributed by atoms with van der Waals surface area (Å²) in [5.74, 6) is 2.13. The van der Waals surface area contributed by atoms with Gasteiger partial charge in [-0.3, -0.25) is 4.79 Å². The molecule has 1 amide bonds. The Morgan fingerprint density at radius 2 is 2.04 bits per heavy atom. The lowest BCUT2D eigenvalue weighted by atomic mass is 9.88. The number of hydrogen-bond acceptors (Lipinski definition) is 2. The molecule has 2 aliphatic rings. The quantitative estimate of drug-likeness (QED) is 0.772. The molecule has 0 aliphatic carbocycles. The Balaban J connectivity index is 1.23. The molecule has 1 N–H and O–H groups in total. The van der Waals surface area contributed by atoms with E-state index in [1.807, 2.05) is 18.6 Å². The Kier molecular flexibility index (Phi) is 3.80. The molecule has 0 radical (unpaired) electrons. The Labute approximate surface area is 153 Å². The first-order valence-corrected chi connectivity index (χ1v) is 9.64. The highest BCUT2D eigenvalue weighted by Crippen LogP contribution is 2.31. The van der Waals surface area contributed by atoms with Gasteiger partial charge in [0.05, 0.1) is 5.92 Å². The number of carbonyl (C=O) groups excluding carboxylic acids is 1. The molecule has 0 saturated carbocycles. The molecular weight excluding hydrogens is 324 g/mol. The van der Waals surface area contributed by atoms with E-state index in [1.165, 1.54) is 16.5 Å². The van der Waals surface area contributed by atoms with Crippen molar-refractivity contribution in [2.45, 2.75) is 38.1 Å². The number of imidazole rings is 1. The minimum atomic E-state index is 0.115. The lowest BCUT2D eigenvalue weighted by Gasteiger charge is -2.35. The molecule has 0 bridgehead atoms. The van der Waals surface area contributed by atoms with Crippen molar-refractivity contribution in [1.82, 2.24) is 19.4 Å². The second-order valence-electron chi connectivity index (χ2n) is 7.66. The molecule has 1 aromatic carbocycles. The summed E-state index contributed by atoms with van der Waals surface area (Å²) in [5.41, 5.74) is 2.60. The summed E-state index contributed by atoms with van der Waals surface area (Å²) in [6.07, 6.45) is 9.80. The molecule has 1 atom stereocenters. The average Bonchev–Trinajstić information content (AvgIpc) is 3.35. The van der Waals surface area contributed by atoms with Crippen LogP contribution in [0.1, 0.15) is 36.6 Å². The fourth-order valence-corrected chi connectivity index (χ4v) is 4.59. The summed E-state index contributed by atoms with van der Waals surface area (Å²) in [4.78, 5) is 22.7. The first kappa shape index (κ1) is 15.7. The maximum absolute atomic E-state index is 13.0. The number of H-pyrrole nitrogens is 1. The Hall–Kier alpha value is -2.56. The van der Waals surface area contributed by atoms with Crippen molar-refractivity contribution in [3.63, 3.8) is 0 Å². The van der Waals surface area contributed by atoms with E-state index in [-0.39, 0.29) is 5.92 Å². The van der Waals surface area contributed by atoms with Crippen LogP contribution in [0.4, 0.5) is 0 Å². The highest BCUT2D eigenvalue weighted by molar-refractivity contribution is 5.80. The summed E-state index contributed by atoms with van der Waals surface area (Å²) in [6.45, 7) is 2.54. The Bertz CT molecular complexity index is 932. The van der Waals surface area contributed by atoms with Gasteiger partial charge in [-0.05, 0) is 54.3 Å². The number of amides is 1. The van der Waals surface area contributed by atoms with Gasteiger partial charge in [0.1, 0.15) is 5.82 Å². The third-order valence-corrected chi connectivity index (χ3v) is 6.14. The second kappa shape index (κ2) is 6.31. The molecule has 26 heavy (non-hydrogen) atoms. The zero-order chi connectivity index (χ0) is 17.5. The van der Waals surface area contributed by atoms with Crippen molar-refractivity contribution in [1.29, 1.82) is 0 Å². The van der Waals surface area contributed by atoms with E-state index in [1.54, 1.807) is 0 Å². The molecule has 2 aliphatic heterocycles. The molecule has 5 rings (SSSR count). The van der Waals surface area contributed by atoms with Crippen molar-refractivity contribution < 1.29 is 4.79 Å².